The van der Waals surface area contributed by atoms with Crippen molar-refractivity contribution in [2.45, 2.75) is 4.90 Å². The Labute approximate surface area is 92.0 Å². The number of nitrogens with zero attached hydrogens (tertiary/aromatic N) is 1. The zero-order valence-electron chi connectivity index (χ0n) is 7.73. The van der Waals surface area contributed by atoms with E-state index in [4.69, 9.17) is 12.2 Å². The first-order valence-electron chi connectivity index (χ1n) is 4.22. The molecule has 0 aliphatic rings. The van der Waals surface area contributed by atoms with Crippen LogP contribution in [-0.2, 0) is 0 Å². The lowest BCUT2D eigenvalue weighted by atomic mass is 10.3. The number of thioether (sulfide) groups is 1. The molecule has 4 heteroatoms. The van der Waals surface area contributed by atoms with Crippen LogP contribution in [-0.4, -0.2) is 15.8 Å². The van der Waals surface area contributed by atoms with Gasteiger partial charge in [0.15, 0.2) is 4.77 Å². The topological polar surface area (TPSA) is 20.7 Å². The van der Waals surface area contributed by atoms with Gasteiger partial charge >= 0.3 is 0 Å². The molecule has 2 rings (SSSR count). The lowest BCUT2D eigenvalue weighted by molar-refractivity contribution is 1.03. The summed E-state index contributed by atoms with van der Waals surface area (Å²) in [5.41, 5.74) is 1.09. The number of rotatable bonds is 2. The molecule has 0 radical (unpaired) electrons. The van der Waals surface area contributed by atoms with Gasteiger partial charge in [-0.15, -0.1) is 11.8 Å². The second kappa shape index (κ2) is 4.02. The fourth-order valence-corrected chi connectivity index (χ4v) is 1.91. The van der Waals surface area contributed by atoms with E-state index in [9.17, 15) is 0 Å². The van der Waals surface area contributed by atoms with Crippen LogP contribution in [0, 0.1) is 4.77 Å². The van der Waals surface area contributed by atoms with Crippen molar-refractivity contribution in [3.8, 4) is 5.69 Å². The minimum absolute atomic E-state index is 0.724. The first-order valence-corrected chi connectivity index (χ1v) is 5.85. The molecule has 0 aliphatic heterocycles. The van der Waals surface area contributed by atoms with E-state index < -0.39 is 0 Å². The van der Waals surface area contributed by atoms with Gasteiger partial charge in [0, 0.05) is 23.0 Å². The Bertz CT molecular complexity index is 467. The number of imidazole rings is 1. The van der Waals surface area contributed by atoms with Gasteiger partial charge in [0.2, 0.25) is 0 Å². The summed E-state index contributed by atoms with van der Waals surface area (Å²) in [5, 5.41) is 0. The van der Waals surface area contributed by atoms with E-state index in [-0.39, 0.29) is 0 Å². The minimum Gasteiger partial charge on any atom is -0.337 e. The quantitative estimate of drug-likeness (QED) is 0.622. The predicted molar refractivity (Wildman–Crippen MR) is 62.7 cm³/mol. The summed E-state index contributed by atoms with van der Waals surface area (Å²) >= 11 is 6.87. The molecule has 0 bridgehead atoms. The summed E-state index contributed by atoms with van der Waals surface area (Å²) < 4.78 is 2.67. The highest BCUT2D eigenvalue weighted by Crippen LogP contribution is 2.17. The maximum atomic E-state index is 5.13. The molecule has 14 heavy (non-hydrogen) atoms. The third kappa shape index (κ3) is 1.76. The zero-order valence-corrected chi connectivity index (χ0v) is 9.36. The van der Waals surface area contributed by atoms with Crippen LogP contribution >= 0.6 is 24.0 Å². The monoisotopic (exact) mass is 222 g/mol. The highest BCUT2D eigenvalue weighted by atomic mass is 32.2. The Kier molecular flexibility index (Phi) is 2.74. The second-order valence-electron chi connectivity index (χ2n) is 2.83. The second-order valence-corrected chi connectivity index (χ2v) is 4.10. The van der Waals surface area contributed by atoms with E-state index in [1.165, 1.54) is 4.90 Å². The van der Waals surface area contributed by atoms with Gasteiger partial charge in [-0.25, -0.2) is 0 Å². The number of aromatic nitrogens is 2. The van der Waals surface area contributed by atoms with E-state index in [2.05, 4.69) is 35.5 Å². The van der Waals surface area contributed by atoms with Crippen LogP contribution in [0.25, 0.3) is 5.69 Å². The maximum Gasteiger partial charge on any atom is 0.181 e. The number of hydrogen-bond donors (Lipinski definition) is 1. The Morgan fingerprint density at radius 1 is 1.29 bits per heavy atom. The SMILES string of the molecule is CSc1ccc(-n2cc[nH]c2=S)cc1. The van der Waals surface area contributed by atoms with Crippen molar-refractivity contribution < 1.29 is 0 Å². The molecule has 1 aromatic carbocycles. The smallest absolute Gasteiger partial charge is 0.181 e. The maximum absolute atomic E-state index is 5.13. The molecular formula is C10H10N2S2. The first-order chi connectivity index (χ1) is 6.81. The van der Waals surface area contributed by atoms with Crippen molar-refractivity contribution in [1.29, 1.82) is 0 Å². The van der Waals surface area contributed by atoms with Gasteiger partial charge < -0.3 is 4.98 Å². The fraction of sp³-hybridized carbons (Fsp3) is 0.100. The standard InChI is InChI=1S/C10H10N2S2/c1-14-9-4-2-8(3-5-9)12-7-6-11-10(12)13/h2-7H,1H3,(H,11,13). The van der Waals surface area contributed by atoms with Crippen LogP contribution in [0.2, 0.25) is 0 Å². The molecule has 0 spiro atoms. The van der Waals surface area contributed by atoms with Crippen molar-refractivity contribution >= 4 is 24.0 Å². The summed E-state index contributed by atoms with van der Waals surface area (Å²) in [6.07, 6.45) is 5.83. The summed E-state index contributed by atoms with van der Waals surface area (Å²) in [4.78, 5) is 4.23. The van der Waals surface area contributed by atoms with Gasteiger partial charge in [-0.05, 0) is 42.7 Å². The molecule has 1 aromatic heterocycles. The molecule has 2 aromatic rings. The average molecular weight is 222 g/mol. The molecule has 0 unspecified atom stereocenters. The Balaban J connectivity index is 2.44. The van der Waals surface area contributed by atoms with Crippen LogP contribution in [0.1, 0.15) is 0 Å². The van der Waals surface area contributed by atoms with Crippen molar-refractivity contribution in [3.05, 3.63) is 41.4 Å². The van der Waals surface area contributed by atoms with E-state index >= 15 is 0 Å². The lowest BCUT2D eigenvalue weighted by Gasteiger charge is -2.02. The third-order valence-electron chi connectivity index (χ3n) is 2.00. The summed E-state index contributed by atoms with van der Waals surface area (Å²) in [6.45, 7) is 0. The van der Waals surface area contributed by atoms with E-state index in [1.807, 2.05) is 17.0 Å². The molecule has 0 fully saturated rings. The number of aromatic amines is 1. The van der Waals surface area contributed by atoms with E-state index in [0.717, 1.165) is 10.5 Å². The lowest BCUT2D eigenvalue weighted by Crippen LogP contribution is -1.91. The van der Waals surface area contributed by atoms with Crippen molar-refractivity contribution in [3.63, 3.8) is 0 Å². The molecule has 1 N–H and O–H groups in total. The van der Waals surface area contributed by atoms with Crippen molar-refractivity contribution in [1.82, 2.24) is 9.55 Å². The molecular weight excluding hydrogens is 212 g/mol. The highest BCUT2D eigenvalue weighted by molar-refractivity contribution is 7.98. The number of H-pyrrole nitrogens is 1. The van der Waals surface area contributed by atoms with Crippen molar-refractivity contribution in [2.75, 3.05) is 6.26 Å². The Morgan fingerprint density at radius 3 is 2.50 bits per heavy atom. The molecule has 0 amide bonds. The normalized spacial score (nSPS) is 10.4. The van der Waals surface area contributed by atoms with Gasteiger partial charge in [0.1, 0.15) is 0 Å². The fourth-order valence-electron chi connectivity index (χ4n) is 1.27. The number of nitrogens with one attached hydrogen (secondary N) is 1. The minimum atomic E-state index is 0.724. The van der Waals surface area contributed by atoms with Crippen molar-refractivity contribution in [2.24, 2.45) is 0 Å². The van der Waals surface area contributed by atoms with E-state index in [0.29, 0.717) is 0 Å². The molecule has 2 nitrogen and oxygen atoms in total. The van der Waals surface area contributed by atoms with Gasteiger partial charge in [-0.2, -0.15) is 0 Å². The van der Waals surface area contributed by atoms with Gasteiger partial charge in [-0.3, -0.25) is 4.57 Å². The van der Waals surface area contributed by atoms with Crippen LogP contribution in [0.15, 0.2) is 41.6 Å². The van der Waals surface area contributed by atoms with Crippen LogP contribution in [0.5, 0.6) is 0 Å². The third-order valence-corrected chi connectivity index (χ3v) is 3.06. The molecule has 72 valence electrons. The number of benzene rings is 1. The largest absolute Gasteiger partial charge is 0.337 e. The van der Waals surface area contributed by atoms with Gasteiger partial charge in [0.05, 0.1) is 0 Å². The zero-order chi connectivity index (χ0) is 9.97. The van der Waals surface area contributed by atoms with E-state index in [1.54, 1.807) is 11.8 Å². The average Bonchev–Trinajstić information content (AvgIpc) is 2.65. The van der Waals surface area contributed by atoms with Crippen LogP contribution < -0.4 is 0 Å². The predicted octanol–water partition coefficient (Wildman–Crippen LogP) is 3.26. The summed E-state index contributed by atoms with van der Waals surface area (Å²) in [7, 11) is 0. The molecule has 1 heterocycles. The molecule has 0 aliphatic carbocycles. The van der Waals surface area contributed by atoms with Crippen LogP contribution in [0.4, 0.5) is 0 Å². The summed E-state index contributed by atoms with van der Waals surface area (Å²) in [5.74, 6) is 0. The number of hydrogen-bond acceptors (Lipinski definition) is 2. The summed E-state index contributed by atoms with van der Waals surface area (Å²) in [6, 6.07) is 8.31. The molecule has 0 atom stereocenters. The van der Waals surface area contributed by atoms with Crippen LogP contribution in [0.3, 0.4) is 0 Å². The molecule has 0 saturated carbocycles. The van der Waals surface area contributed by atoms with Gasteiger partial charge in [-0.1, -0.05) is 0 Å². The van der Waals surface area contributed by atoms with Gasteiger partial charge in [0.25, 0.3) is 0 Å². The molecule has 0 saturated heterocycles. The Morgan fingerprint density at radius 2 is 2.00 bits per heavy atom. The highest BCUT2D eigenvalue weighted by Gasteiger charge is 1.96. The Hall–Kier alpha value is -1.00. The first kappa shape index (κ1) is 9.55.